The van der Waals surface area contributed by atoms with Gasteiger partial charge in [-0.15, -0.1) is 0 Å². The Hall–Kier alpha value is -0.380. The largest absolute Gasteiger partial charge is 0.381 e. The van der Waals surface area contributed by atoms with Crippen molar-refractivity contribution in [2.75, 3.05) is 19.8 Å². The number of thiophene rings is 1. The van der Waals surface area contributed by atoms with E-state index in [9.17, 15) is 0 Å². The van der Waals surface area contributed by atoms with Crippen molar-refractivity contribution in [3.05, 3.63) is 22.4 Å². The molecule has 1 aromatic rings. The van der Waals surface area contributed by atoms with Gasteiger partial charge in [-0.2, -0.15) is 11.3 Å². The molecule has 0 spiro atoms. The Labute approximate surface area is 109 Å². The van der Waals surface area contributed by atoms with Crippen LogP contribution in [0.5, 0.6) is 0 Å². The van der Waals surface area contributed by atoms with Crippen LogP contribution in [0.2, 0.25) is 0 Å². The first kappa shape index (κ1) is 14.7. The minimum Gasteiger partial charge on any atom is -0.381 e. The smallest absolute Gasteiger partial charge is 0.0484 e. The summed E-state index contributed by atoms with van der Waals surface area (Å²) in [4.78, 5) is 0. The lowest BCUT2D eigenvalue weighted by Crippen LogP contribution is -2.22. The van der Waals surface area contributed by atoms with Gasteiger partial charge < -0.3 is 10.1 Å². The first-order valence-corrected chi connectivity index (χ1v) is 7.51. The van der Waals surface area contributed by atoms with Crippen molar-refractivity contribution >= 4 is 11.3 Å². The van der Waals surface area contributed by atoms with Gasteiger partial charge >= 0.3 is 0 Å². The predicted octanol–water partition coefficient (Wildman–Crippen LogP) is 3.85. The fourth-order valence-electron chi connectivity index (χ4n) is 1.73. The minimum absolute atomic E-state index is 0.449. The van der Waals surface area contributed by atoms with Crippen LogP contribution in [0.15, 0.2) is 16.8 Å². The maximum absolute atomic E-state index is 5.68. The van der Waals surface area contributed by atoms with Crippen molar-refractivity contribution in [1.82, 2.24) is 5.32 Å². The molecule has 1 unspecified atom stereocenters. The molecule has 1 aromatic heterocycles. The van der Waals surface area contributed by atoms with Gasteiger partial charge in [0.2, 0.25) is 0 Å². The van der Waals surface area contributed by atoms with Gasteiger partial charge in [0.15, 0.2) is 0 Å². The topological polar surface area (TPSA) is 21.3 Å². The Morgan fingerprint density at radius 3 is 2.65 bits per heavy atom. The predicted molar refractivity (Wildman–Crippen MR) is 75.6 cm³/mol. The van der Waals surface area contributed by atoms with Gasteiger partial charge in [-0.25, -0.2) is 0 Å². The molecular formula is C14H25NOS. The SMILES string of the molecule is CCNC(CCOCCC(C)C)c1ccsc1. The molecule has 0 radical (unpaired) electrons. The van der Waals surface area contributed by atoms with Crippen molar-refractivity contribution in [3.63, 3.8) is 0 Å². The maximum Gasteiger partial charge on any atom is 0.0484 e. The third kappa shape index (κ3) is 6.20. The monoisotopic (exact) mass is 255 g/mol. The molecule has 1 atom stereocenters. The van der Waals surface area contributed by atoms with Crippen LogP contribution in [0.25, 0.3) is 0 Å². The summed E-state index contributed by atoms with van der Waals surface area (Å²) in [7, 11) is 0. The molecule has 0 aliphatic heterocycles. The number of nitrogens with one attached hydrogen (secondary N) is 1. The quantitative estimate of drug-likeness (QED) is 0.677. The van der Waals surface area contributed by atoms with Crippen LogP contribution in [0.3, 0.4) is 0 Å². The van der Waals surface area contributed by atoms with Crippen LogP contribution in [0.1, 0.15) is 45.2 Å². The normalized spacial score (nSPS) is 13.2. The second kappa shape index (κ2) is 8.67. The summed E-state index contributed by atoms with van der Waals surface area (Å²) >= 11 is 1.76. The van der Waals surface area contributed by atoms with Crippen molar-refractivity contribution in [1.29, 1.82) is 0 Å². The zero-order valence-corrected chi connectivity index (χ0v) is 12.1. The number of hydrogen-bond acceptors (Lipinski definition) is 3. The zero-order valence-electron chi connectivity index (χ0n) is 11.2. The van der Waals surface area contributed by atoms with E-state index < -0.39 is 0 Å². The van der Waals surface area contributed by atoms with Crippen molar-refractivity contribution in [2.45, 2.75) is 39.7 Å². The molecule has 0 aliphatic carbocycles. The van der Waals surface area contributed by atoms with Crippen molar-refractivity contribution < 1.29 is 4.74 Å². The Morgan fingerprint density at radius 2 is 2.06 bits per heavy atom. The summed E-state index contributed by atoms with van der Waals surface area (Å²) in [5.74, 6) is 0.733. The lowest BCUT2D eigenvalue weighted by molar-refractivity contribution is 0.114. The highest BCUT2D eigenvalue weighted by Crippen LogP contribution is 2.19. The second-order valence-electron chi connectivity index (χ2n) is 4.75. The third-order valence-corrected chi connectivity index (χ3v) is 3.49. The van der Waals surface area contributed by atoms with Gasteiger partial charge in [0.25, 0.3) is 0 Å². The van der Waals surface area contributed by atoms with Gasteiger partial charge in [0.05, 0.1) is 0 Å². The summed E-state index contributed by atoms with van der Waals surface area (Å²) in [6, 6.07) is 2.65. The molecule has 98 valence electrons. The highest BCUT2D eigenvalue weighted by molar-refractivity contribution is 7.07. The zero-order chi connectivity index (χ0) is 12.5. The average Bonchev–Trinajstić information content (AvgIpc) is 2.80. The van der Waals surface area contributed by atoms with E-state index in [4.69, 9.17) is 4.74 Å². The van der Waals surface area contributed by atoms with Crippen LogP contribution in [-0.4, -0.2) is 19.8 Å². The van der Waals surface area contributed by atoms with Gasteiger partial charge in [0, 0.05) is 19.3 Å². The summed E-state index contributed by atoms with van der Waals surface area (Å²) in [5.41, 5.74) is 1.39. The number of rotatable bonds is 9. The van der Waals surface area contributed by atoms with E-state index in [1.54, 1.807) is 11.3 Å². The average molecular weight is 255 g/mol. The molecule has 0 saturated heterocycles. The van der Waals surface area contributed by atoms with Gasteiger partial charge in [-0.05, 0) is 47.7 Å². The summed E-state index contributed by atoms with van der Waals surface area (Å²) < 4.78 is 5.68. The van der Waals surface area contributed by atoms with E-state index in [-0.39, 0.29) is 0 Å². The van der Waals surface area contributed by atoms with Gasteiger partial charge in [-0.3, -0.25) is 0 Å². The van der Waals surface area contributed by atoms with Crippen LogP contribution >= 0.6 is 11.3 Å². The van der Waals surface area contributed by atoms with Crippen molar-refractivity contribution in [2.24, 2.45) is 5.92 Å². The van der Waals surface area contributed by atoms with E-state index in [0.717, 1.165) is 38.5 Å². The number of hydrogen-bond donors (Lipinski definition) is 1. The molecule has 0 amide bonds. The molecule has 0 bridgehead atoms. The highest BCUT2D eigenvalue weighted by atomic mass is 32.1. The molecule has 1 rings (SSSR count). The molecule has 2 nitrogen and oxygen atoms in total. The van der Waals surface area contributed by atoms with Gasteiger partial charge in [-0.1, -0.05) is 20.8 Å². The Morgan fingerprint density at radius 1 is 1.29 bits per heavy atom. The highest BCUT2D eigenvalue weighted by Gasteiger charge is 2.10. The van der Waals surface area contributed by atoms with Crippen LogP contribution in [0, 0.1) is 5.92 Å². The second-order valence-corrected chi connectivity index (χ2v) is 5.53. The summed E-state index contributed by atoms with van der Waals surface area (Å²) in [5, 5.41) is 7.87. The third-order valence-electron chi connectivity index (χ3n) is 2.79. The van der Waals surface area contributed by atoms with E-state index in [1.165, 1.54) is 5.56 Å². The van der Waals surface area contributed by atoms with Crippen LogP contribution in [0.4, 0.5) is 0 Å². The molecule has 1 heterocycles. The molecule has 0 aliphatic rings. The maximum atomic E-state index is 5.68. The van der Waals surface area contributed by atoms with Crippen LogP contribution < -0.4 is 5.32 Å². The fourth-order valence-corrected chi connectivity index (χ4v) is 2.44. The Balaban J connectivity index is 2.21. The summed E-state index contributed by atoms with van der Waals surface area (Å²) in [6.07, 6.45) is 2.22. The molecule has 0 saturated carbocycles. The molecule has 0 aromatic carbocycles. The van der Waals surface area contributed by atoms with E-state index in [0.29, 0.717) is 6.04 Å². The Kier molecular flexibility index (Phi) is 7.49. The van der Waals surface area contributed by atoms with E-state index in [1.807, 2.05) is 0 Å². The molecule has 3 heteroatoms. The minimum atomic E-state index is 0.449. The lowest BCUT2D eigenvalue weighted by atomic mass is 10.1. The molecule has 1 N–H and O–H groups in total. The molecular weight excluding hydrogens is 230 g/mol. The van der Waals surface area contributed by atoms with Crippen LogP contribution in [-0.2, 0) is 4.74 Å². The summed E-state index contributed by atoms with van der Waals surface area (Å²) in [6.45, 7) is 9.36. The fraction of sp³-hybridized carbons (Fsp3) is 0.714. The first-order chi connectivity index (χ1) is 8.24. The standard InChI is InChI=1S/C14H25NOS/c1-4-15-14(13-7-10-17-11-13)6-9-16-8-5-12(2)3/h7,10-12,14-15H,4-6,8-9H2,1-3H3. The lowest BCUT2D eigenvalue weighted by Gasteiger charge is -2.17. The molecule has 0 fully saturated rings. The first-order valence-electron chi connectivity index (χ1n) is 6.57. The molecule has 17 heavy (non-hydrogen) atoms. The Bertz CT molecular complexity index is 272. The van der Waals surface area contributed by atoms with E-state index >= 15 is 0 Å². The van der Waals surface area contributed by atoms with E-state index in [2.05, 4.69) is 42.9 Å². The van der Waals surface area contributed by atoms with Crippen molar-refractivity contribution in [3.8, 4) is 0 Å². The number of ether oxygens (including phenoxy) is 1. The van der Waals surface area contributed by atoms with Gasteiger partial charge in [0.1, 0.15) is 0 Å².